The molecule has 0 aliphatic rings. The molecule has 1 aromatic rings. The minimum Gasteiger partial charge on any atom is -0.300 e. The molecule has 0 saturated carbocycles. The first-order valence-electron chi connectivity index (χ1n) is 6.07. The first kappa shape index (κ1) is 15.6. The van der Waals surface area contributed by atoms with Gasteiger partial charge in [-0.05, 0) is 38.1 Å². The monoisotopic (exact) mass is 326 g/mol. The smallest absolute Gasteiger partial charge is 0.104 e. The fourth-order valence-electron chi connectivity index (χ4n) is 1.94. The van der Waals surface area contributed by atoms with E-state index < -0.39 is 5.54 Å². The minimum absolute atomic E-state index is 0.392. The number of rotatable bonds is 6. The number of nitriles is 1. The Morgan fingerprint density at radius 1 is 1.56 bits per heavy atom. The molecular weight excluding hydrogens is 308 g/mol. The molecule has 2 atom stereocenters. The maximum Gasteiger partial charge on any atom is 0.104 e. The third-order valence-electron chi connectivity index (χ3n) is 2.64. The van der Waals surface area contributed by atoms with Crippen LogP contribution in [0.25, 0.3) is 0 Å². The normalized spacial score (nSPS) is 15.7. The van der Waals surface area contributed by atoms with E-state index in [9.17, 15) is 5.26 Å². The second-order valence-electron chi connectivity index (χ2n) is 4.56. The fraction of sp³-hybridized carbons (Fsp3) is 0.500. The lowest BCUT2D eigenvalue weighted by atomic mass is 9.98. The molecule has 18 heavy (non-hydrogen) atoms. The number of hydrogen-bond acceptors (Lipinski definition) is 3. The predicted octanol–water partition coefficient (Wildman–Crippen LogP) is 4.21. The Kier molecular flexibility index (Phi) is 6.20. The first-order chi connectivity index (χ1) is 8.49. The molecule has 0 spiro atoms. The molecule has 0 amide bonds. The average molecular weight is 327 g/mol. The van der Waals surface area contributed by atoms with E-state index in [0.717, 1.165) is 17.4 Å². The van der Waals surface area contributed by atoms with Crippen molar-refractivity contribution in [1.82, 2.24) is 5.32 Å². The predicted molar refractivity (Wildman–Crippen MR) is 81.8 cm³/mol. The molecule has 0 heterocycles. The standard InChI is InChI=1S/C14H19BrN2S/c1-4-17-14(3,10-16)9-11(2)18-13-7-5-6-12(15)8-13/h5-8,11,17H,4,9H2,1-3H3. The molecule has 2 unspecified atom stereocenters. The van der Waals surface area contributed by atoms with Crippen molar-refractivity contribution in [2.24, 2.45) is 0 Å². The van der Waals surface area contributed by atoms with Gasteiger partial charge in [-0.15, -0.1) is 11.8 Å². The molecule has 0 radical (unpaired) electrons. The van der Waals surface area contributed by atoms with E-state index in [-0.39, 0.29) is 0 Å². The Labute approximate surface area is 122 Å². The minimum atomic E-state index is -0.437. The first-order valence-corrected chi connectivity index (χ1v) is 7.75. The van der Waals surface area contributed by atoms with E-state index >= 15 is 0 Å². The van der Waals surface area contributed by atoms with Gasteiger partial charge in [0.05, 0.1) is 6.07 Å². The van der Waals surface area contributed by atoms with E-state index in [1.807, 2.05) is 26.0 Å². The van der Waals surface area contributed by atoms with Gasteiger partial charge in [-0.1, -0.05) is 35.8 Å². The van der Waals surface area contributed by atoms with E-state index in [1.165, 1.54) is 4.90 Å². The summed E-state index contributed by atoms with van der Waals surface area (Å²) in [5.41, 5.74) is -0.437. The van der Waals surface area contributed by atoms with Gasteiger partial charge in [0.1, 0.15) is 5.54 Å². The van der Waals surface area contributed by atoms with E-state index in [2.05, 4.69) is 46.4 Å². The zero-order chi connectivity index (χ0) is 13.6. The number of nitrogens with zero attached hydrogens (tertiary/aromatic N) is 1. The highest BCUT2D eigenvalue weighted by atomic mass is 79.9. The van der Waals surface area contributed by atoms with Gasteiger partial charge in [0, 0.05) is 14.6 Å². The van der Waals surface area contributed by atoms with Crippen LogP contribution in [0.5, 0.6) is 0 Å². The van der Waals surface area contributed by atoms with Crippen LogP contribution in [0.15, 0.2) is 33.6 Å². The molecule has 1 rings (SSSR count). The van der Waals surface area contributed by atoms with Crippen LogP contribution >= 0.6 is 27.7 Å². The molecule has 0 fully saturated rings. The molecule has 0 bridgehead atoms. The van der Waals surface area contributed by atoms with Crippen LogP contribution in [0.4, 0.5) is 0 Å². The highest BCUT2D eigenvalue weighted by molar-refractivity contribution is 9.10. The maximum atomic E-state index is 9.25. The van der Waals surface area contributed by atoms with Gasteiger partial charge in [-0.25, -0.2) is 0 Å². The van der Waals surface area contributed by atoms with E-state index in [4.69, 9.17) is 0 Å². The van der Waals surface area contributed by atoms with E-state index in [1.54, 1.807) is 11.8 Å². The van der Waals surface area contributed by atoms with Crippen molar-refractivity contribution in [3.05, 3.63) is 28.7 Å². The molecule has 0 aromatic heterocycles. The Bertz CT molecular complexity index is 430. The molecule has 2 nitrogen and oxygen atoms in total. The zero-order valence-electron chi connectivity index (χ0n) is 11.0. The summed E-state index contributed by atoms with van der Waals surface area (Å²) < 4.78 is 1.09. The SMILES string of the molecule is CCNC(C)(C#N)CC(C)Sc1cccc(Br)c1. The van der Waals surface area contributed by atoms with Crippen LogP contribution < -0.4 is 5.32 Å². The number of thioether (sulfide) groups is 1. The van der Waals surface area contributed by atoms with Crippen molar-refractivity contribution < 1.29 is 0 Å². The van der Waals surface area contributed by atoms with Crippen LogP contribution in [0.2, 0.25) is 0 Å². The lowest BCUT2D eigenvalue weighted by Crippen LogP contribution is -2.42. The lowest BCUT2D eigenvalue weighted by molar-refractivity contribution is 0.429. The third-order valence-corrected chi connectivity index (χ3v) is 4.23. The number of nitrogens with one attached hydrogen (secondary N) is 1. The van der Waals surface area contributed by atoms with Gasteiger partial charge in [0.25, 0.3) is 0 Å². The molecular formula is C14H19BrN2S. The number of hydrogen-bond donors (Lipinski definition) is 1. The van der Waals surface area contributed by atoms with Crippen molar-refractivity contribution in [2.45, 2.75) is 42.9 Å². The Morgan fingerprint density at radius 2 is 2.28 bits per heavy atom. The van der Waals surface area contributed by atoms with Crippen molar-refractivity contribution in [2.75, 3.05) is 6.54 Å². The van der Waals surface area contributed by atoms with Crippen LogP contribution in [-0.2, 0) is 0 Å². The van der Waals surface area contributed by atoms with Gasteiger partial charge in [0.15, 0.2) is 0 Å². The molecule has 1 aromatic carbocycles. The Hall–Kier alpha value is -0.500. The maximum absolute atomic E-state index is 9.25. The average Bonchev–Trinajstić information content (AvgIpc) is 2.29. The number of halogens is 1. The summed E-state index contributed by atoms with van der Waals surface area (Å²) >= 11 is 5.28. The molecule has 4 heteroatoms. The van der Waals surface area contributed by atoms with Gasteiger partial charge < -0.3 is 0 Å². The second kappa shape index (κ2) is 7.18. The van der Waals surface area contributed by atoms with Crippen LogP contribution in [-0.4, -0.2) is 17.3 Å². The van der Waals surface area contributed by atoms with Crippen LogP contribution in [0.3, 0.4) is 0 Å². The summed E-state index contributed by atoms with van der Waals surface area (Å²) in [7, 11) is 0. The zero-order valence-corrected chi connectivity index (χ0v) is 13.4. The second-order valence-corrected chi connectivity index (χ2v) is 6.99. The quantitative estimate of drug-likeness (QED) is 0.795. The summed E-state index contributed by atoms with van der Waals surface area (Å²) in [6.45, 7) is 6.98. The topological polar surface area (TPSA) is 35.8 Å². The molecule has 0 aliphatic heterocycles. The summed E-state index contributed by atoms with van der Waals surface area (Å²) in [6, 6.07) is 10.6. The molecule has 0 aliphatic carbocycles. The van der Waals surface area contributed by atoms with Gasteiger partial charge in [0.2, 0.25) is 0 Å². The largest absolute Gasteiger partial charge is 0.300 e. The van der Waals surface area contributed by atoms with Gasteiger partial charge >= 0.3 is 0 Å². The Morgan fingerprint density at radius 3 is 2.83 bits per heavy atom. The van der Waals surface area contributed by atoms with Crippen LogP contribution in [0, 0.1) is 11.3 Å². The molecule has 0 saturated heterocycles. The molecule has 1 N–H and O–H groups in total. The van der Waals surface area contributed by atoms with Crippen molar-refractivity contribution in [3.63, 3.8) is 0 Å². The third kappa shape index (κ3) is 5.01. The summed E-state index contributed by atoms with van der Waals surface area (Å²) in [5.74, 6) is 0. The van der Waals surface area contributed by atoms with Crippen molar-refractivity contribution >= 4 is 27.7 Å². The van der Waals surface area contributed by atoms with Gasteiger partial charge in [-0.2, -0.15) is 5.26 Å². The van der Waals surface area contributed by atoms with E-state index in [0.29, 0.717) is 5.25 Å². The van der Waals surface area contributed by atoms with Crippen molar-refractivity contribution in [1.29, 1.82) is 5.26 Å². The summed E-state index contributed by atoms with van der Waals surface area (Å²) in [4.78, 5) is 1.23. The lowest BCUT2D eigenvalue weighted by Gasteiger charge is -2.25. The fourth-order valence-corrected chi connectivity index (χ4v) is 3.72. The van der Waals surface area contributed by atoms with Crippen LogP contribution in [0.1, 0.15) is 27.2 Å². The Balaban J connectivity index is 2.61. The highest BCUT2D eigenvalue weighted by Gasteiger charge is 2.25. The molecule has 98 valence electrons. The highest BCUT2D eigenvalue weighted by Crippen LogP contribution is 2.30. The van der Waals surface area contributed by atoms with Crippen molar-refractivity contribution in [3.8, 4) is 6.07 Å². The summed E-state index contributed by atoms with van der Waals surface area (Å²) in [5, 5.41) is 12.9. The van der Waals surface area contributed by atoms with Gasteiger partial charge in [-0.3, -0.25) is 5.32 Å². The number of benzene rings is 1. The summed E-state index contributed by atoms with van der Waals surface area (Å²) in [6.07, 6.45) is 0.828.